The fourth-order valence-electron chi connectivity index (χ4n) is 4.33. The van der Waals surface area contributed by atoms with E-state index in [1.165, 1.54) is 12.1 Å². The van der Waals surface area contributed by atoms with Gasteiger partial charge in [0.25, 0.3) is 5.91 Å². The van der Waals surface area contributed by atoms with Gasteiger partial charge in [-0.2, -0.15) is 0 Å². The van der Waals surface area contributed by atoms with Crippen LogP contribution in [0.25, 0.3) is 10.9 Å². The smallest absolute Gasteiger partial charge is 0.268 e. The van der Waals surface area contributed by atoms with Crippen LogP contribution in [0.15, 0.2) is 41.0 Å². The van der Waals surface area contributed by atoms with Gasteiger partial charge in [-0.3, -0.25) is 9.69 Å². The minimum atomic E-state index is -0.285. The number of piperidine rings is 1. The van der Waals surface area contributed by atoms with Crippen molar-refractivity contribution >= 4 is 16.8 Å². The Morgan fingerprint density at radius 2 is 2.21 bits per heavy atom. The molecule has 3 aromatic rings. The molecule has 4 rings (SSSR count). The molecule has 148 valence electrons. The Hall–Kier alpha value is -2.60. The van der Waals surface area contributed by atoms with Gasteiger partial charge in [0.2, 0.25) is 0 Å². The summed E-state index contributed by atoms with van der Waals surface area (Å²) >= 11 is 0. The second-order valence-electron chi connectivity index (χ2n) is 7.73. The molecule has 0 spiro atoms. The molecular weight excluding hydrogens is 357 g/mol. The molecule has 0 saturated carbocycles. The number of benzene rings is 1. The van der Waals surface area contributed by atoms with Gasteiger partial charge in [-0.15, -0.1) is 0 Å². The summed E-state index contributed by atoms with van der Waals surface area (Å²) in [5, 5.41) is 3.89. The highest BCUT2D eigenvalue weighted by Gasteiger charge is 2.23. The van der Waals surface area contributed by atoms with Crippen molar-refractivity contribution in [1.82, 2.24) is 14.8 Å². The standard InChI is InChI=1S/C22H26FN3O2/c1-15-19-11-17(23)7-8-20(19)25(2)21(15)22(27)24-12-16-5-3-9-26(13-16)14-18-6-4-10-28-18/h4,6-8,10-11,16H,3,5,9,12-14H2,1-2H3,(H,24,27)/t16-/m1/s1. The lowest BCUT2D eigenvalue weighted by molar-refractivity contribution is 0.0920. The van der Waals surface area contributed by atoms with Crippen LogP contribution < -0.4 is 5.32 Å². The summed E-state index contributed by atoms with van der Waals surface area (Å²) in [5.74, 6) is 1.01. The molecule has 0 unspecified atom stereocenters. The van der Waals surface area contributed by atoms with Crippen LogP contribution in [0.4, 0.5) is 4.39 Å². The number of furan rings is 1. The molecular formula is C22H26FN3O2. The quantitative estimate of drug-likeness (QED) is 0.728. The first-order valence-electron chi connectivity index (χ1n) is 9.80. The first-order chi connectivity index (χ1) is 13.5. The van der Waals surface area contributed by atoms with Crippen LogP contribution in [-0.4, -0.2) is 35.0 Å². The second kappa shape index (κ2) is 7.80. The largest absolute Gasteiger partial charge is 0.468 e. The normalized spacial score (nSPS) is 17.9. The first-order valence-corrected chi connectivity index (χ1v) is 9.80. The van der Waals surface area contributed by atoms with E-state index in [1.807, 2.05) is 30.7 Å². The van der Waals surface area contributed by atoms with Gasteiger partial charge in [0, 0.05) is 31.0 Å². The first kappa shape index (κ1) is 18.7. The van der Waals surface area contributed by atoms with Crippen molar-refractivity contribution in [3.8, 4) is 0 Å². The van der Waals surface area contributed by atoms with E-state index in [1.54, 1.807) is 12.3 Å². The van der Waals surface area contributed by atoms with Gasteiger partial charge >= 0.3 is 0 Å². The fraction of sp³-hybridized carbons (Fsp3) is 0.409. The van der Waals surface area contributed by atoms with Crippen LogP contribution in [0.2, 0.25) is 0 Å². The monoisotopic (exact) mass is 383 g/mol. The van der Waals surface area contributed by atoms with Gasteiger partial charge in [-0.1, -0.05) is 0 Å². The van der Waals surface area contributed by atoms with E-state index in [4.69, 9.17) is 4.42 Å². The lowest BCUT2D eigenvalue weighted by Crippen LogP contribution is -2.40. The average molecular weight is 383 g/mol. The number of rotatable bonds is 5. The third kappa shape index (κ3) is 3.69. The molecule has 28 heavy (non-hydrogen) atoms. The highest BCUT2D eigenvalue weighted by Crippen LogP contribution is 2.26. The lowest BCUT2D eigenvalue weighted by atomic mass is 9.98. The average Bonchev–Trinajstić information content (AvgIpc) is 3.27. The molecule has 0 aliphatic carbocycles. The van der Waals surface area contributed by atoms with Crippen LogP contribution in [0.3, 0.4) is 0 Å². The van der Waals surface area contributed by atoms with Gasteiger partial charge < -0.3 is 14.3 Å². The molecule has 1 amide bonds. The van der Waals surface area contributed by atoms with E-state index in [2.05, 4.69) is 10.2 Å². The fourth-order valence-corrected chi connectivity index (χ4v) is 4.33. The van der Waals surface area contributed by atoms with E-state index in [0.717, 1.165) is 54.7 Å². The molecule has 0 bridgehead atoms. The Kier molecular flexibility index (Phi) is 5.22. The highest BCUT2D eigenvalue weighted by atomic mass is 19.1. The molecule has 1 atom stereocenters. The molecule has 6 heteroatoms. The van der Waals surface area contributed by atoms with Crippen LogP contribution >= 0.6 is 0 Å². The predicted molar refractivity (Wildman–Crippen MR) is 107 cm³/mol. The second-order valence-corrected chi connectivity index (χ2v) is 7.73. The van der Waals surface area contributed by atoms with Crippen molar-refractivity contribution in [2.24, 2.45) is 13.0 Å². The van der Waals surface area contributed by atoms with Gasteiger partial charge in [-0.05, 0) is 68.1 Å². The Morgan fingerprint density at radius 3 is 3.00 bits per heavy atom. The van der Waals surface area contributed by atoms with Gasteiger partial charge in [0.1, 0.15) is 17.3 Å². The SMILES string of the molecule is Cc1c(C(=O)NC[C@H]2CCCN(Cc3ccco3)C2)n(C)c2ccc(F)cc12. The number of aryl methyl sites for hydroxylation is 2. The summed E-state index contributed by atoms with van der Waals surface area (Å²) in [4.78, 5) is 15.2. The number of aromatic nitrogens is 1. The van der Waals surface area contributed by atoms with Crippen LogP contribution in [0.5, 0.6) is 0 Å². The van der Waals surface area contributed by atoms with Crippen molar-refractivity contribution in [2.75, 3.05) is 19.6 Å². The number of halogens is 1. The van der Waals surface area contributed by atoms with Gasteiger partial charge in [-0.25, -0.2) is 4.39 Å². The zero-order valence-electron chi connectivity index (χ0n) is 16.4. The van der Waals surface area contributed by atoms with Crippen LogP contribution in [-0.2, 0) is 13.6 Å². The van der Waals surface area contributed by atoms with Gasteiger partial charge in [0.15, 0.2) is 0 Å². The number of carbonyl (C=O) groups excluding carboxylic acids is 1. The van der Waals surface area contributed by atoms with E-state index >= 15 is 0 Å². The zero-order chi connectivity index (χ0) is 19.7. The van der Waals surface area contributed by atoms with Crippen molar-refractivity contribution in [2.45, 2.75) is 26.3 Å². The number of carbonyl (C=O) groups is 1. The molecule has 2 aromatic heterocycles. The molecule has 1 aliphatic rings. The Labute approximate surface area is 164 Å². The van der Waals surface area contributed by atoms with E-state index in [-0.39, 0.29) is 11.7 Å². The number of likely N-dealkylation sites (tertiary alicyclic amines) is 1. The minimum Gasteiger partial charge on any atom is -0.468 e. The summed E-state index contributed by atoms with van der Waals surface area (Å²) in [6, 6.07) is 8.56. The number of fused-ring (bicyclic) bond motifs is 1. The summed E-state index contributed by atoms with van der Waals surface area (Å²) in [7, 11) is 1.86. The maximum atomic E-state index is 13.6. The summed E-state index contributed by atoms with van der Waals surface area (Å²) in [5.41, 5.74) is 2.28. The maximum Gasteiger partial charge on any atom is 0.268 e. The van der Waals surface area contributed by atoms with Crippen LogP contribution in [0.1, 0.15) is 34.7 Å². The zero-order valence-corrected chi connectivity index (χ0v) is 16.4. The molecule has 1 N–H and O–H groups in total. The lowest BCUT2D eigenvalue weighted by Gasteiger charge is -2.32. The third-order valence-corrected chi connectivity index (χ3v) is 5.74. The minimum absolute atomic E-state index is 0.0974. The van der Waals surface area contributed by atoms with E-state index < -0.39 is 0 Å². The topological polar surface area (TPSA) is 50.4 Å². The van der Waals surface area contributed by atoms with Crippen LogP contribution in [0, 0.1) is 18.7 Å². The van der Waals surface area contributed by atoms with Crippen molar-refractivity contribution < 1.29 is 13.6 Å². The number of hydrogen-bond donors (Lipinski definition) is 1. The Morgan fingerprint density at radius 1 is 1.36 bits per heavy atom. The summed E-state index contributed by atoms with van der Waals surface area (Å²) in [6.07, 6.45) is 3.93. The molecule has 1 aliphatic heterocycles. The summed E-state index contributed by atoms with van der Waals surface area (Å²) in [6.45, 7) is 5.33. The van der Waals surface area contributed by atoms with Crippen molar-refractivity contribution in [3.05, 3.63) is 59.4 Å². The molecule has 1 saturated heterocycles. The predicted octanol–water partition coefficient (Wildman–Crippen LogP) is 3.86. The number of nitrogens with one attached hydrogen (secondary N) is 1. The van der Waals surface area contributed by atoms with E-state index in [0.29, 0.717) is 18.2 Å². The van der Waals surface area contributed by atoms with Crippen molar-refractivity contribution in [3.63, 3.8) is 0 Å². The van der Waals surface area contributed by atoms with E-state index in [9.17, 15) is 9.18 Å². The number of hydrogen-bond acceptors (Lipinski definition) is 3. The third-order valence-electron chi connectivity index (χ3n) is 5.74. The number of amides is 1. The highest BCUT2D eigenvalue weighted by molar-refractivity contribution is 6.01. The molecule has 3 heterocycles. The van der Waals surface area contributed by atoms with Crippen molar-refractivity contribution in [1.29, 1.82) is 0 Å². The number of nitrogens with zero attached hydrogens (tertiary/aromatic N) is 2. The molecule has 1 aromatic carbocycles. The Balaban J connectivity index is 1.41. The molecule has 5 nitrogen and oxygen atoms in total. The summed E-state index contributed by atoms with van der Waals surface area (Å²) < 4.78 is 20.9. The Bertz CT molecular complexity index is 977. The van der Waals surface area contributed by atoms with Gasteiger partial charge in [0.05, 0.1) is 12.8 Å². The maximum absolute atomic E-state index is 13.6. The molecule has 0 radical (unpaired) electrons. The molecule has 1 fully saturated rings.